The van der Waals surface area contributed by atoms with E-state index in [2.05, 4.69) is 4.72 Å². The molecular formula is C16H21FN2O3S. The van der Waals surface area contributed by atoms with Crippen LogP contribution in [0, 0.1) is 18.7 Å². The minimum Gasteiger partial charge on any atom is -0.342 e. The van der Waals surface area contributed by atoms with Crippen LogP contribution in [-0.2, 0) is 14.8 Å². The Morgan fingerprint density at radius 1 is 1.22 bits per heavy atom. The molecule has 1 aromatic carbocycles. The molecule has 0 aromatic heterocycles. The van der Waals surface area contributed by atoms with Crippen LogP contribution in [0.3, 0.4) is 0 Å². The number of rotatable bonds is 4. The average Bonchev–Trinajstić information content (AvgIpc) is 3.31. The lowest BCUT2D eigenvalue weighted by Crippen LogP contribution is -2.47. The molecule has 1 N–H and O–H groups in total. The third-order valence-corrected chi connectivity index (χ3v) is 6.16. The summed E-state index contributed by atoms with van der Waals surface area (Å²) in [6, 6.07) is 3.47. The van der Waals surface area contributed by atoms with Crippen molar-refractivity contribution in [2.24, 2.45) is 5.92 Å². The summed E-state index contributed by atoms with van der Waals surface area (Å²) in [6.45, 7) is 2.75. The van der Waals surface area contributed by atoms with Gasteiger partial charge in [0.2, 0.25) is 15.9 Å². The molecule has 0 radical (unpaired) electrons. The highest BCUT2D eigenvalue weighted by molar-refractivity contribution is 7.89. The first-order valence-electron chi connectivity index (χ1n) is 7.94. The van der Waals surface area contributed by atoms with Crippen LogP contribution in [0.4, 0.5) is 4.39 Å². The summed E-state index contributed by atoms with van der Waals surface area (Å²) in [5, 5.41) is 0. The highest BCUT2D eigenvalue weighted by atomic mass is 32.2. The molecule has 23 heavy (non-hydrogen) atoms. The van der Waals surface area contributed by atoms with Crippen LogP contribution < -0.4 is 4.72 Å². The molecule has 0 unspecified atom stereocenters. The van der Waals surface area contributed by atoms with E-state index in [1.807, 2.05) is 4.90 Å². The van der Waals surface area contributed by atoms with Gasteiger partial charge in [0.15, 0.2) is 0 Å². The number of piperidine rings is 1. The first-order valence-corrected chi connectivity index (χ1v) is 9.42. The van der Waals surface area contributed by atoms with E-state index < -0.39 is 15.8 Å². The van der Waals surface area contributed by atoms with Crippen molar-refractivity contribution in [1.29, 1.82) is 0 Å². The normalized spacial score (nSPS) is 19.8. The molecular weight excluding hydrogens is 319 g/mol. The van der Waals surface area contributed by atoms with Gasteiger partial charge in [0.05, 0.1) is 4.90 Å². The molecule has 1 saturated carbocycles. The molecule has 126 valence electrons. The number of hydrogen-bond donors (Lipinski definition) is 1. The van der Waals surface area contributed by atoms with E-state index in [9.17, 15) is 17.6 Å². The largest absolute Gasteiger partial charge is 0.342 e. The number of carbonyl (C=O) groups is 1. The average molecular weight is 340 g/mol. The zero-order valence-electron chi connectivity index (χ0n) is 13.1. The van der Waals surface area contributed by atoms with Crippen molar-refractivity contribution >= 4 is 15.9 Å². The highest BCUT2D eigenvalue weighted by Gasteiger charge is 2.35. The van der Waals surface area contributed by atoms with E-state index in [0.29, 0.717) is 31.5 Å². The quantitative estimate of drug-likeness (QED) is 0.909. The van der Waals surface area contributed by atoms with Gasteiger partial charge in [-0.15, -0.1) is 0 Å². The smallest absolute Gasteiger partial charge is 0.241 e. The molecule has 0 bridgehead atoms. The molecule has 0 atom stereocenters. The summed E-state index contributed by atoms with van der Waals surface area (Å²) in [4.78, 5) is 13.9. The van der Waals surface area contributed by atoms with Gasteiger partial charge in [-0.05, 0) is 56.4 Å². The lowest BCUT2D eigenvalue weighted by atomic mass is 10.1. The van der Waals surface area contributed by atoms with Gasteiger partial charge in [-0.1, -0.05) is 0 Å². The first-order chi connectivity index (χ1) is 10.9. The Morgan fingerprint density at radius 2 is 1.87 bits per heavy atom. The second kappa shape index (κ2) is 6.20. The third-order valence-electron chi connectivity index (χ3n) is 4.48. The predicted molar refractivity (Wildman–Crippen MR) is 83.8 cm³/mol. The van der Waals surface area contributed by atoms with Crippen LogP contribution in [0.1, 0.15) is 31.2 Å². The van der Waals surface area contributed by atoms with Crippen molar-refractivity contribution in [3.63, 3.8) is 0 Å². The fraction of sp³-hybridized carbons (Fsp3) is 0.562. The number of amides is 1. The fourth-order valence-electron chi connectivity index (χ4n) is 3.00. The van der Waals surface area contributed by atoms with Crippen LogP contribution in [-0.4, -0.2) is 38.4 Å². The van der Waals surface area contributed by atoms with Crippen molar-refractivity contribution in [1.82, 2.24) is 9.62 Å². The zero-order chi connectivity index (χ0) is 16.6. The van der Waals surface area contributed by atoms with Crippen LogP contribution >= 0.6 is 0 Å². The van der Waals surface area contributed by atoms with Gasteiger partial charge >= 0.3 is 0 Å². The van der Waals surface area contributed by atoms with E-state index in [-0.39, 0.29) is 22.8 Å². The summed E-state index contributed by atoms with van der Waals surface area (Å²) >= 11 is 0. The number of benzene rings is 1. The monoisotopic (exact) mass is 340 g/mol. The standard InChI is InChI=1S/C16H21FN2O3S/c1-11-10-13(17)4-5-15(11)23(21,22)18-14-6-8-19(9-7-14)16(20)12-2-3-12/h4-5,10,12,14,18H,2-3,6-9H2,1H3. The first kappa shape index (κ1) is 16.4. The Balaban J connectivity index is 1.62. The number of sulfonamides is 1. The molecule has 1 heterocycles. The predicted octanol–water partition coefficient (Wildman–Crippen LogP) is 1.81. The molecule has 1 aromatic rings. The van der Waals surface area contributed by atoms with Crippen LogP contribution in [0.15, 0.2) is 23.1 Å². The van der Waals surface area contributed by atoms with Crippen LogP contribution in [0.2, 0.25) is 0 Å². The van der Waals surface area contributed by atoms with Gasteiger partial charge in [0, 0.05) is 25.0 Å². The number of halogens is 1. The van der Waals surface area contributed by atoms with Gasteiger partial charge in [0.25, 0.3) is 0 Å². The van der Waals surface area contributed by atoms with Gasteiger partial charge in [-0.3, -0.25) is 4.79 Å². The van der Waals surface area contributed by atoms with Crippen molar-refractivity contribution < 1.29 is 17.6 Å². The maximum absolute atomic E-state index is 13.1. The van der Waals surface area contributed by atoms with Crippen molar-refractivity contribution in [2.45, 2.75) is 43.5 Å². The number of nitrogens with one attached hydrogen (secondary N) is 1. The zero-order valence-corrected chi connectivity index (χ0v) is 13.9. The second-order valence-electron chi connectivity index (χ2n) is 6.40. The second-order valence-corrected chi connectivity index (χ2v) is 8.09. The van der Waals surface area contributed by atoms with E-state index in [4.69, 9.17) is 0 Å². The van der Waals surface area contributed by atoms with Crippen LogP contribution in [0.5, 0.6) is 0 Å². The third kappa shape index (κ3) is 3.72. The Morgan fingerprint density at radius 3 is 2.43 bits per heavy atom. The van der Waals surface area contributed by atoms with Crippen molar-refractivity contribution in [3.8, 4) is 0 Å². The molecule has 3 rings (SSSR count). The Bertz CT molecular complexity index is 708. The van der Waals surface area contributed by atoms with E-state index in [1.165, 1.54) is 12.1 Å². The number of nitrogens with zero attached hydrogens (tertiary/aromatic N) is 1. The Kier molecular flexibility index (Phi) is 4.42. The Labute approximate surface area is 135 Å². The molecule has 2 aliphatic rings. The lowest BCUT2D eigenvalue weighted by molar-refractivity contribution is -0.133. The van der Waals surface area contributed by atoms with Crippen molar-refractivity contribution in [2.75, 3.05) is 13.1 Å². The molecule has 2 fully saturated rings. The van der Waals surface area contributed by atoms with E-state index >= 15 is 0 Å². The number of carbonyl (C=O) groups excluding carboxylic acids is 1. The fourth-order valence-corrected chi connectivity index (χ4v) is 4.53. The summed E-state index contributed by atoms with van der Waals surface area (Å²) < 4.78 is 40.7. The molecule has 1 amide bonds. The number of hydrogen-bond acceptors (Lipinski definition) is 3. The summed E-state index contributed by atoms with van der Waals surface area (Å²) in [5.41, 5.74) is 0.388. The van der Waals surface area contributed by atoms with Gasteiger partial charge in [-0.25, -0.2) is 17.5 Å². The Hall–Kier alpha value is -1.47. The molecule has 1 saturated heterocycles. The molecule has 1 aliphatic carbocycles. The number of likely N-dealkylation sites (tertiary alicyclic amines) is 1. The summed E-state index contributed by atoms with van der Waals surface area (Å²) in [7, 11) is -3.67. The highest BCUT2D eigenvalue weighted by Crippen LogP contribution is 2.32. The van der Waals surface area contributed by atoms with Crippen LogP contribution in [0.25, 0.3) is 0 Å². The summed E-state index contributed by atoms with van der Waals surface area (Å²) in [5.74, 6) is -0.0425. The maximum atomic E-state index is 13.1. The number of aryl methyl sites for hydroxylation is 1. The minimum absolute atomic E-state index is 0.107. The van der Waals surface area contributed by atoms with Gasteiger partial charge < -0.3 is 4.90 Å². The van der Waals surface area contributed by atoms with Gasteiger partial charge in [-0.2, -0.15) is 0 Å². The molecule has 7 heteroatoms. The van der Waals surface area contributed by atoms with Crippen molar-refractivity contribution in [3.05, 3.63) is 29.6 Å². The van der Waals surface area contributed by atoms with E-state index in [0.717, 1.165) is 18.9 Å². The summed E-state index contributed by atoms with van der Waals surface area (Å²) in [6.07, 6.45) is 3.18. The SMILES string of the molecule is Cc1cc(F)ccc1S(=O)(=O)NC1CCN(C(=O)C2CC2)CC1. The minimum atomic E-state index is -3.67. The molecule has 1 aliphatic heterocycles. The maximum Gasteiger partial charge on any atom is 0.241 e. The van der Waals surface area contributed by atoms with Gasteiger partial charge in [0.1, 0.15) is 5.82 Å². The molecule has 0 spiro atoms. The lowest BCUT2D eigenvalue weighted by Gasteiger charge is -2.32. The topological polar surface area (TPSA) is 66.5 Å². The van der Waals surface area contributed by atoms with E-state index in [1.54, 1.807) is 6.92 Å². The molecule has 5 nitrogen and oxygen atoms in total.